The molecule has 1 amide bonds. The van der Waals surface area contributed by atoms with Crippen molar-refractivity contribution in [1.82, 2.24) is 9.88 Å². The Morgan fingerprint density at radius 1 is 1.35 bits per heavy atom. The molecule has 1 aromatic heterocycles. The van der Waals surface area contributed by atoms with E-state index in [2.05, 4.69) is 5.32 Å². The monoisotopic (exact) mass is 334 g/mol. The predicted molar refractivity (Wildman–Crippen MR) is 84.8 cm³/mol. The molecule has 1 aromatic carbocycles. The van der Waals surface area contributed by atoms with E-state index in [0.717, 1.165) is 0 Å². The minimum Gasteiger partial charge on any atom is -0.505 e. The molecule has 0 aliphatic carbocycles. The molecule has 0 atom stereocenters. The molecule has 1 aliphatic rings. The number of carbonyl (C=O) groups excluding carboxylic acids is 2. The zero-order valence-corrected chi connectivity index (χ0v) is 13.2. The van der Waals surface area contributed by atoms with Gasteiger partial charge in [0.05, 0.1) is 12.3 Å². The summed E-state index contributed by atoms with van der Waals surface area (Å²) in [4.78, 5) is 24.4. The lowest BCUT2D eigenvalue weighted by molar-refractivity contribution is 0.0518. The molecule has 6 nitrogen and oxygen atoms in total. The number of nitrogens with one attached hydrogen (secondary N) is 1. The highest BCUT2D eigenvalue weighted by Crippen LogP contribution is 2.39. The van der Waals surface area contributed by atoms with Crippen molar-refractivity contribution < 1.29 is 19.4 Å². The molecule has 0 radical (unpaired) electrons. The van der Waals surface area contributed by atoms with E-state index in [4.69, 9.17) is 16.3 Å². The Hall–Kier alpha value is -2.47. The highest BCUT2D eigenvalue weighted by atomic mass is 35.5. The summed E-state index contributed by atoms with van der Waals surface area (Å²) in [7, 11) is 0. The number of halogens is 1. The van der Waals surface area contributed by atoms with Gasteiger partial charge in [-0.2, -0.15) is 0 Å². The van der Waals surface area contributed by atoms with Gasteiger partial charge in [0.1, 0.15) is 11.3 Å². The van der Waals surface area contributed by atoms with Gasteiger partial charge in [-0.1, -0.05) is 23.7 Å². The molecule has 2 N–H and O–H groups in total. The second-order valence-corrected chi connectivity index (χ2v) is 5.49. The summed E-state index contributed by atoms with van der Waals surface area (Å²) in [6, 6.07) is 6.82. The van der Waals surface area contributed by atoms with Crippen molar-refractivity contribution in [2.75, 3.05) is 13.2 Å². The molecular formula is C16H15ClN2O4. The summed E-state index contributed by atoms with van der Waals surface area (Å²) in [5.41, 5.74) is 1.10. The first kappa shape index (κ1) is 15.4. The van der Waals surface area contributed by atoms with Crippen LogP contribution in [0.5, 0.6) is 5.75 Å². The molecule has 120 valence electrons. The number of hydrogen-bond acceptors (Lipinski definition) is 4. The first-order valence-electron chi connectivity index (χ1n) is 7.21. The molecule has 1 aliphatic heterocycles. The molecule has 0 fully saturated rings. The summed E-state index contributed by atoms with van der Waals surface area (Å²) >= 11 is 5.89. The minimum atomic E-state index is -0.717. The van der Waals surface area contributed by atoms with E-state index in [-0.39, 0.29) is 23.6 Å². The highest BCUT2D eigenvalue weighted by molar-refractivity contribution is 6.30. The second-order valence-electron chi connectivity index (χ2n) is 5.06. The first-order chi connectivity index (χ1) is 11.0. The van der Waals surface area contributed by atoms with Crippen LogP contribution in [0.25, 0.3) is 11.3 Å². The Bertz CT molecular complexity index is 780. The summed E-state index contributed by atoms with van der Waals surface area (Å²) in [6.07, 6.45) is 0. The second kappa shape index (κ2) is 5.96. The summed E-state index contributed by atoms with van der Waals surface area (Å²) < 4.78 is 6.62. The number of amides is 1. The number of hydrogen-bond donors (Lipinski definition) is 2. The Labute approximate surface area is 137 Å². The van der Waals surface area contributed by atoms with Crippen molar-refractivity contribution in [3.63, 3.8) is 0 Å². The lowest BCUT2D eigenvalue weighted by Gasteiger charge is -2.18. The smallest absolute Gasteiger partial charge is 0.344 e. The van der Waals surface area contributed by atoms with Crippen LogP contribution in [0.15, 0.2) is 24.3 Å². The summed E-state index contributed by atoms with van der Waals surface area (Å²) in [6.45, 7) is 2.69. The van der Waals surface area contributed by atoms with Gasteiger partial charge in [-0.05, 0) is 19.1 Å². The topological polar surface area (TPSA) is 80.6 Å². The fourth-order valence-electron chi connectivity index (χ4n) is 2.73. The van der Waals surface area contributed by atoms with Crippen molar-refractivity contribution >= 4 is 23.5 Å². The summed E-state index contributed by atoms with van der Waals surface area (Å²) in [5.74, 6) is -1.38. The zero-order chi connectivity index (χ0) is 16.6. The van der Waals surface area contributed by atoms with Crippen molar-refractivity contribution in [2.24, 2.45) is 0 Å². The number of fused-ring (bicyclic) bond motifs is 1. The maximum atomic E-state index is 12.2. The number of rotatable bonds is 3. The van der Waals surface area contributed by atoms with Gasteiger partial charge in [-0.3, -0.25) is 4.79 Å². The van der Waals surface area contributed by atoms with Crippen molar-refractivity contribution in [3.05, 3.63) is 40.5 Å². The van der Waals surface area contributed by atoms with Crippen LogP contribution in [-0.4, -0.2) is 34.7 Å². The van der Waals surface area contributed by atoms with Crippen molar-refractivity contribution in [3.8, 4) is 17.0 Å². The third kappa shape index (κ3) is 2.55. The van der Waals surface area contributed by atoms with Crippen LogP contribution >= 0.6 is 11.6 Å². The van der Waals surface area contributed by atoms with Gasteiger partial charge in [0, 0.05) is 23.7 Å². The van der Waals surface area contributed by atoms with Crippen LogP contribution < -0.4 is 5.32 Å². The van der Waals surface area contributed by atoms with Gasteiger partial charge in [-0.25, -0.2) is 4.79 Å². The zero-order valence-electron chi connectivity index (χ0n) is 12.4. The molecule has 0 bridgehead atoms. The van der Waals surface area contributed by atoms with E-state index >= 15 is 0 Å². The molecule has 2 aromatic rings. The molecule has 3 rings (SSSR count). The number of aromatic hydroxyl groups is 1. The quantitative estimate of drug-likeness (QED) is 0.845. The third-order valence-electron chi connectivity index (χ3n) is 3.67. The average molecular weight is 335 g/mol. The molecule has 23 heavy (non-hydrogen) atoms. The molecule has 0 spiro atoms. The van der Waals surface area contributed by atoms with Crippen molar-refractivity contribution in [1.29, 1.82) is 0 Å². The number of ether oxygens (including phenoxy) is 1. The van der Waals surface area contributed by atoms with E-state index in [9.17, 15) is 14.7 Å². The van der Waals surface area contributed by atoms with Gasteiger partial charge in [0.25, 0.3) is 5.91 Å². The fraction of sp³-hybridized carbons (Fsp3) is 0.250. The Balaban J connectivity index is 2.24. The lowest BCUT2D eigenvalue weighted by atomic mass is 10.1. The molecule has 7 heteroatoms. The normalized spacial score (nSPS) is 13.4. The number of aromatic nitrogens is 1. The Morgan fingerprint density at radius 2 is 2.04 bits per heavy atom. The molecular weight excluding hydrogens is 320 g/mol. The number of esters is 1. The maximum absolute atomic E-state index is 12.2. The van der Waals surface area contributed by atoms with E-state index in [1.807, 2.05) is 0 Å². The Kier molecular flexibility index (Phi) is 4.00. The third-order valence-corrected chi connectivity index (χ3v) is 3.92. The molecule has 0 saturated carbocycles. The van der Waals surface area contributed by atoms with E-state index < -0.39 is 11.9 Å². The standard InChI is InChI=1S/C16H15ClN2O4/c1-2-23-16(22)11-13-15(21)18-7-8-19(13)12(14(11)20)9-3-5-10(17)6-4-9/h3-6,20H,2,7-8H2,1H3,(H,18,21). The molecule has 0 saturated heterocycles. The van der Waals surface area contributed by atoms with E-state index in [1.54, 1.807) is 35.8 Å². The molecule has 2 heterocycles. The van der Waals surface area contributed by atoms with Crippen LogP contribution in [-0.2, 0) is 11.3 Å². The largest absolute Gasteiger partial charge is 0.505 e. The van der Waals surface area contributed by atoms with Crippen LogP contribution in [0.2, 0.25) is 5.02 Å². The predicted octanol–water partition coefficient (Wildman–Crippen LogP) is 2.43. The van der Waals surface area contributed by atoms with E-state index in [1.165, 1.54) is 0 Å². The Morgan fingerprint density at radius 3 is 2.70 bits per heavy atom. The SMILES string of the molecule is CCOC(=O)c1c(O)c(-c2ccc(Cl)cc2)n2c1C(=O)NCC2. The fourth-order valence-corrected chi connectivity index (χ4v) is 2.85. The molecule has 0 unspecified atom stereocenters. The van der Waals surface area contributed by atoms with Crippen LogP contribution in [0.1, 0.15) is 27.8 Å². The number of benzene rings is 1. The van der Waals surface area contributed by atoms with E-state index in [0.29, 0.717) is 29.4 Å². The first-order valence-corrected chi connectivity index (χ1v) is 7.59. The van der Waals surface area contributed by atoms with Gasteiger partial charge in [-0.15, -0.1) is 0 Å². The average Bonchev–Trinajstić information content (AvgIpc) is 2.82. The van der Waals surface area contributed by atoms with Gasteiger partial charge >= 0.3 is 5.97 Å². The lowest BCUT2D eigenvalue weighted by Crippen LogP contribution is -2.36. The number of carbonyl (C=O) groups is 2. The van der Waals surface area contributed by atoms with Gasteiger partial charge in [0.15, 0.2) is 5.75 Å². The highest BCUT2D eigenvalue weighted by Gasteiger charge is 2.34. The van der Waals surface area contributed by atoms with Gasteiger partial charge < -0.3 is 19.7 Å². The number of nitrogens with zero attached hydrogens (tertiary/aromatic N) is 1. The van der Waals surface area contributed by atoms with Crippen LogP contribution in [0, 0.1) is 0 Å². The van der Waals surface area contributed by atoms with Crippen LogP contribution in [0.3, 0.4) is 0 Å². The van der Waals surface area contributed by atoms with Gasteiger partial charge in [0.2, 0.25) is 0 Å². The van der Waals surface area contributed by atoms with Crippen molar-refractivity contribution in [2.45, 2.75) is 13.5 Å². The maximum Gasteiger partial charge on any atom is 0.344 e. The minimum absolute atomic E-state index is 0.103. The summed E-state index contributed by atoms with van der Waals surface area (Å²) in [5, 5.41) is 13.8. The van der Waals surface area contributed by atoms with Crippen LogP contribution in [0.4, 0.5) is 0 Å².